The van der Waals surface area contributed by atoms with E-state index >= 15 is 0 Å². The molecule has 118 valence electrons. The van der Waals surface area contributed by atoms with Gasteiger partial charge in [0.2, 0.25) is 10.0 Å². The SMILES string of the molecule is O=S(=O)(NC[C@]1(O)CCc2ccccc2C1)c1ccc(Cl)s1. The predicted octanol–water partition coefficient (Wildman–Crippen LogP) is 2.60. The van der Waals surface area contributed by atoms with E-state index in [-0.39, 0.29) is 10.8 Å². The van der Waals surface area contributed by atoms with Gasteiger partial charge in [0.25, 0.3) is 0 Å². The molecule has 3 rings (SSSR count). The van der Waals surface area contributed by atoms with Crippen LogP contribution in [0.15, 0.2) is 40.6 Å². The summed E-state index contributed by atoms with van der Waals surface area (Å²) in [4.78, 5) is 0. The predicted molar refractivity (Wildman–Crippen MR) is 87.9 cm³/mol. The second-order valence-corrected chi connectivity index (χ2v) is 9.26. The third kappa shape index (κ3) is 3.36. The normalized spacial score (nSPS) is 21.5. The lowest BCUT2D eigenvalue weighted by molar-refractivity contribution is 0.0317. The first kappa shape index (κ1) is 16.0. The molecule has 1 aliphatic rings. The molecule has 0 bridgehead atoms. The van der Waals surface area contributed by atoms with Crippen molar-refractivity contribution in [3.8, 4) is 0 Å². The number of rotatable bonds is 4. The van der Waals surface area contributed by atoms with Gasteiger partial charge in [0.1, 0.15) is 4.21 Å². The van der Waals surface area contributed by atoms with Crippen LogP contribution in [0.3, 0.4) is 0 Å². The van der Waals surface area contributed by atoms with Crippen LogP contribution >= 0.6 is 22.9 Å². The number of aliphatic hydroxyl groups is 1. The van der Waals surface area contributed by atoms with Gasteiger partial charge in [0.15, 0.2) is 0 Å². The van der Waals surface area contributed by atoms with E-state index in [0.717, 1.165) is 23.3 Å². The summed E-state index contributed by atoms with van der Waals surface area (Å²) in [6.07, 6.45) is 1.74. The molecule has 0 aliphatic heterocycles. The molecule has 1 atom stereocenters. The van der Waals surface area contributed by atoms with Crippen molar-refractivity contribution in [1.29, 1.82) is 0 Å². The maximum atomic E-state index is 12.2. The van der Waals surface area contributed by atoms with E-state index in [1.54, 1.807) is 6.07 Å². The van der Waals surface area contributed by atoms with Gasteiger partial charge < -0.3 is 5.11 Å². The van der Waals surface area contributed by atoms with Gasteiger partial charge in [-0.1, -0.05) is 35.9 Å². The highest BCUT2D eigenvalue weighted by Gasteiger charge is 2.33. The number of fused-ring (bicyclic) bond motifs is 1. The van der Waals surface area contributed by atoms with Crippen LogP contribution < -0.4 is 4.72 Å². The van der Waals surface area contributed by atoms with Gasteiger partial charge in [-0.15, -0.1) is 11.3 Å². The Hall–Kier alpha value is -0.920. The molecule has 1 heterocycles. The third-order valence-electron chi connectivity index (χ3n) is 3.90. The van der Waals surface area contributed by atoms with Gasteiger partial charge in [-0.25, -0.2) is 13.1 Å². The molecule has 2 aromatic rings. The summed E-state index contributed by atoms with van der Waals surface area (Å²) in [5.41, 5.74) is 1.25. The van der Waals surface area contributed by atoms with Crippen molar-refractivity contribution in [2.24, 2.45) is 0 Å². The van der Waals surface area contributed by atoms with Crippen molar-refractivity contribution in [2.75, 3.05) is 6.54 Å². The van der Waals surface area contributed by atoms with Crippen LogP contribution in [0.2, 0.25) is 4.34 Å². The quantitative estimate of drug-likeness (QED) is 0.883. The van der Waals surface area contributed by atoms with E-state index in [0.29, 0.717) is 17.2 Å². The van der Waals surface area contributed by atoms with Gasteiger partial charge in [-0.2, -0.15) is 0 Å². The van der Waals surface area contributed by atoms with Crippen LogP contribution in [-0.4, -0.2) is 25.7 Å². The van der Waals surface area contributed by atoms with Crippen molar-refractivity contribution in [1.82, 2.24) is 4.72 Å². The smallest absolute Gasteiger partial charge is 0.250 e. The first-order chi connectivity index (χ1) is 10.4. The largest absolute Gasteiger partial charge is 0.388 e. The van der Waals surface area contributed by atoms with E-state index in [1.807, 2.05) is 24.3 Å². The molecule has 0 unspecified atom stereocenters. The van der Waals surface area contributed by atoms with Gasteiger partial charge in [0.05, 0.1) is 9.94 Å². The van der Waals surface area contributed by atoms with Crippen LogP contribution in [-0.2, 0) is 22.9 Å². The molecule has 22 heavy (non-hydrogen) atoms. The maximum absolute atomic E-state index is 12.2. The third-order valence-corrected chi connectivity index (χ3v) is 7.03. The Labute approximate surface area is 138 Å². The van der Waals surface area contributed by atoms with Gasteiger partial charge in [-0.05, 0) is 36.1 Å². The van der Waals surface area contributed by atoms with Crippen LogP contribution in [0.1, 0.15) is 17.5 Å². The van der Waals surface area contributed by atoms with E-state index in [4.69, 9.17) is 11.6 Å². The Balaban J connectivity index is 1.71. The molecule has 0 radical (unpaired) electrons. The average Bonchev–Trinajstić information content (AvgIpc) is 2.93. The van der Waals surface area contributed by atoms with Crippen LogP contribution in [0, 0.1) is 0 Å². The molecular formula is C15H16ClNO3S2. The molecule has 7 heteroatoms. The monoisotopic (exact) mass is 357 g/mol. The zero-order chi connectivity index (χ0) is 15.8. The van der Waals surface area contributed by atoms with E-state index in [2.05, 4.69) is 4.72 Å². The number of hydrogen-bond acceptors (Lipinski definition) is 4. The highest BCUT2D eigenvalue weighted by molar-refractivity contribution is 7.91. The van der Waals surface area contributed by atoms with Crippen molar-refractivity contribution < 1.29 is 13.5 Å². The van der Waals surface area contributed by atoms with Crippen LogP contribution in [0.25, 0.3) is 0 Å². The van der Waals surface area contributed by atoms with Gasteiger partial charge >= 0.3 is 0 Å². The summed E-state index contributed by atoms with van der Waals surface area (Å²) in [5, 5.41) is 10.7. The minimum Gasteiger partial charge on any atom is -0.388 e. The lowest BCUT2D eigenvalue weighted by Gasteiger charge is -2.33. The minimum atomic E-state index is -3.63. The van der Waals surface area contributed by atoms with E-state index in [1.165, 1.54) is 11.6 Å². The Kier molecular flexibility index (Phi) is 4.31. The first-order valence-corrected chi connectivity index (χ1v) is 9.60. The molecule has 0 amide bonds. The Bertz CT molecular complexity index is 788. The number of halogens is 1. The second-order valence-electron chi connectivity index (χ2n) is 5.55. The zero-order valence-electron chi connectivity index (χ0n) is 11.8. The summed E-state index contributed by atoms with van der Waals surface area (Å²) in [5.74, 6) is 0. The highest BCUT2D eigenvalue weighted by Crippen LogP contribution is 2.29. The Morgan fingerprint density at radius 1 is 1.23 bits per heavy atom. The number of thiophene rings is 1. The topological polar surface area (TPSA) is 66.4 Å². The molecule has 1 aromatic heterocycles. The van der Waals surface area contributed by atoms with Crippen LogP contribution in [0.5, 0.6) is 0 Å². The number of hydrogen-bond donors (Lipinski definition) is 2. The molecule has 0 saturated heterocycles. The zero-order valence-corrected chi connectivity index (χ0v) is 14.1. The molecule has 4 nitrogen and oxygen atoms in total. The molecule has 1 aliphatic carbocycles. The second kappa shape index (κ2) is 5.94. The molecular weight excluding hydrogens is 342 g/mol. The average molecular weight is 358 g/mol. The molecule has 0 spiro atoms. The minimum absolute atomic E-state index is 0.000807. The van der Waals surface area contributed by atoms with E-state index in [9.17, 15) is 13.5 Å². The van der Waals surface area contributed by atoms with Crippen LogP contribution in [0.4, 0.5) is 0 Å². The van der Waals surface area contributed by atoms with E-state index < -0.39 is 15.6 Å². The van der Waals surface area contributed by atoms with Gasteiger partial charge in [0, 0.05) is 13.0 Å². The maximum Gasteiger partial charge on any atom is 0.250 e. The highest BCUT2D eigenvalue weighted by atomic mass is 35.5. The van der Waals surface area contributed by atoms with Crippen molar-refractivity contribution in [2.45, 2.75) is 29.1 Å². The Morgan fingerprint density at radius 2 is 1.95 bits per heavy atom. The van der Waals surface area contributed by atoms with Gasteiger partial charge in [-0.3, -0.25) is 0 Å². The summed E-state index contributed by atoms with van der Waals surface area (Å²) in [7, 11) is -3.63. The fourth-order valence-corrected chi connectivity index (χ4v) is 5.32. The summed E-state index contributed by atoms with van der Waals surface area (Å²) >= 11 is 6.78. The molecule has 1 aromatic carbocycles. The molecule has 0 saturated carbocycles. The standard InChI is InChI=1S/C15H16ClNO3S2/c16-13-5-6-14(21-13)22(19,20)17-10-15(18)8-7-11-3-1-2-4-12(11)9-15/h1-6,17-18H,7-10H2/t15-/m0/s1. The lowest BCUT2D eigenvalue weighted by Crippen LogP contribution is -2.46. The number of benzene rings is 1. The lowest BCUT2D eigenvalue weighted by atomic mass is 9.80. The number of nitrogens with one attached hydrogen (secondary N) is 1. The Morgan fingerprint density at radius 3 is 2.64 bits per heavy atom. The summed E-state index contributed by atoms with van der Waals surface area (Å²) in [6.45, 7) is -0.000807. The molecule has 0 fully saturated rings. The van der Waals surface area contributed by atoms with Crippen molar-refractivity contribution >= 4 is 33.0 Å². The summed E-state index contributed by atoms with van der Waals surface area (Å²) in [6, 6.07) is 11.0. The summed E-state index contributed by atoms with van der Waals surface area (Å²) < 4.78 is 27.5. The first-order valence-electron chi connectivity index (χ1n) is 6.92. The number of aryl methyl sites for hydroxylation is 1. The fraction of sp³-hybridized carbons (Fsp3) is 0.333. The number of sulfonamides is 1. The fourth-order valence-electron chi connectivity index (χ4n) is 2.68. The molecule has 2 N–H and O–H groups in total. The van der Waals surface area contributed by atoms with Crippen molar-refractivity contribution in [3.05, 3.63) is 51.9 Å². The van der Waals surface area contributed by atoms with Crippen molar-refractivity contribution in [3.63, 3.8) is 0 Å².